The number of hydrogen-bond acceptors (Lipinski definition) is 3. The molecule has 2 aliphatic heterocycles. The number of halogens is 3. The summed E-state index contributed by atoms with van der Waals surface area (Å²) in [5.74, 6) is -2.00. The molecule has 1 aliphatic carbocycles. The lowest BCUT2D eigenvalue weighted by atomic mass is 9.95. The van der Waals surface area contributed by atoms with Crippen molar-refractivity contribution in [3.63, 3.8) is 0 Å². The largest absolute Gasteiger partial charge is 0.471 e. The van der Waals surface area contributed by atoms with E-state index in [1.54, 1.807) is 0 Å². The van der Waals surface area contributed by atoms with E-state index in [1.807, 2.05) is 4.90 Å². The highest BCUT2D eigenvalue weighted by molar-refractivity contribution is 5.83. The van der Waals surface area contributed by atoms with E-state index in [4.69, 9.17) is 0 Å². The highest BCUT2D eigenvalue weighted by atomic mass is 19.4. The molecular weight excluding hydrogens is 311 g/mol. The fourth-order valence-corrected chi connectivity index (χ4v) is 3.51. The lowest BCUT2D eigenvalue weighted by molar-refractivity contribution is -0.187. The van der Waals surface area contributed by atoms with E-state index in [1.165, 1.54) is 12.8 Å². The Balaban J connectivity index is 1.46. The van der Waals surface area contributed by atoms with Gasteiger partial charge >= 0.3 is 12.1 Å². The normalized spacial score (nSPS) is 24.8. The van der Waals surface area contributed by atoms with Gasteiger partial charge in [-0.1, -0.05) is 0 Å². The number of piperidine rings is 1. The van der Waals surface area contributed by atoms with Gasteiger partial charge in [0.1, 0.15) is 0 Å². The van der Waals surface area contributed by atoms with Crippen LogP contribution in [0.1, 0.15) is 25.7 Å². The van der Waals surface area contributed by atoms with Crippen molar-refractivity contribution >= 4 is 11.8 Å². The quantitative estimate of drug-likeness (QED) is 0.760. The van der Waals surface area contributed by atoms with Crippen molar-refractivity contribution < 1.29 is 22.8 Å². The standard InChI is InChI=1S/C15H22F3N3O2/c16-15(17,18)14(23)21-5-3-11(4-6-21)13(22)20-9-7-19(8-10-20)12-1-2-12/h11-12H,1-10H2. The molecule has 1 saturated carbocycles. The van der Waals surface area contributed by atoms with Crippen molar-refractivity contribution in [1.82, 2.24) is 14.7 Å². The highest BCUT2D eigenvalue weighted by Crippen LogP contribution is 2.29. The van der Waals surface area contributed by atoms with Crippen LogP contribution in [-0.4, -0.2) is 78.0 Å². The number of nitrogens with zero attached hydrogens (tertiary/aromatic N) is 3. The van der Waals surface area contributed by atoms with Crippen LogP contribution in [-0.2, 0) is 9.59 Å². The van der Waals surface area contributed by atoms with Gasteiger partial charge in [-0.2, -0.15) is 13.2 Å². The molecule has 0 spiro atoms. The molecule has 0 aromatic rings. The number of alkyl halides is 3. The molecule has 0 atom stereocenters. The van der Waals surface area contributed by atoms with Gasteiger partial charge in [0, 0.05) is 51.2 Å². The van der Waals surface area contributed by atoms with E-state index in [0.29, 0.717) is 32.0 Å². The van der Waals surface area contributed by atoms with Crippen LogP contribution in [0.2, 0.25) is 0 Å². The molecule has 23 heavy (non-hydrogen) atoms. The van der Waals surface area contributed by atoms with E-state index < -0.39 is 12.1 Å². The predicted octanol–water partition coefficient (Wildman–Crippen LogP) is 1.09. The second-order valence-corrected chi connectivity index (χ2v) is 6.66. The first-order chi connectivity index (χ1) is 10.9. The fourth-order valence-electron chi connectivity index (χ4n) is 3.51. The Morgan fingerprint density at radius 3 is 1.83 bits per heavy atom. The third kappa shape index (κ3) is 3.79. The monoisotopic (exact) mass is 333 g/mol. The molecule has 2 amide bonds. The average molecular weight is 333 g/mol. The Hall–Kier alpha value is -1.31. The fraction of sp³-hybridized carbons (Fsp3) is 0.867. The molecule has 0 aromatic heterocycles. The lowest BCUT2D eigenvalue weighted by Crippen LogP contribution is -2.53. The first kappa shape index (κ1) is 16.5. The molecule has 0 N–H and O–H groups in total. The van der Waals surface area contributed by atoms with E-state index >= 15 is 0 Å². The summed E-state index contributed by atoms with van der Waals surface area (Å²) in [4.78, 5) is 28.8. The van der Waals surface area contributed by atoms with Gasteiger partial charge in [0.2, 0.25) is 5.91 Å². The first-order valence-corrected chi connectivity index (χ1v) is 8.25. The maximum absolute atomic E-state index is 12.5. The Bertz CT molecular complexity index is 463. The van der Waals surface area contributed by atoms with Crippen LogP contribution in [0.25, 0.3) is 0 Å². The highest BCUT2D eigenvalue weighted by Gasteiger charge is 2.44. The van der Waals surface area contributed by atoms with Crippen LogP contribution in [0.5, 0.6) is 0 Å². The van der Waals surface area contributed by atoms with Gasteiger partial charge in [-0.25, -0.2) is 0 Å². The van der Waals surface area contributed by atoms with Crippen LogP contribution >= 0.6 is 0 Å². The third-order valence-corrected chi connectivity index (χ3v) is 5.06. The van der Waals surface area contributed by atoms with E-state index in [0.717, 1.165) is 18.0 Å². The molecule has 0 aromatic carbocycles. The van der Waals surface area contributed by atoms with E-state index in [-0.39, 0.29) is 24.9 Å². The Morgan fingerprint density at radius 2 is 1.35 bits per heavy atom. The van der Waals surface area contributed by atoms with Crippen LogP contribution in [0.15, 0.2) is 0 Å². The van der Waals surface area contributed by atoms with Crippen molar-refractivity contribution in [2.75, 3.05) is 39.3 Å². The summed E-state index contributed by atoms with van der Waals surface area (Å²) in [7, 11) is 0. The maximum atomic E-state index is 12.5. The van der Waals surface area contributed by atoms with Crippen LogP contribution in [0.3, 0.4) is 0 Å². The maximum Gasteiger partial charge on any atom is 0.471 e. The number of rotatable bonds is 2. The van der Waals surface area contributed by atoms with E-state index in [9.17, 15) is 22.8 Å². The molecule has 3 rings (SSSR count). The molecule has 2 heterocycles. The minimum absolute atomic E-state index is 0.0107. The van der Waals surface area contributed by atoms with Gasteiger partial charge in [0.25, 0.3) is 0 Å². The minimum atomic E-state index is -4.82. The molecule has 3 fully saturated rings. The van der Waals surface area contributed by atoms with Crippen LogP contribution in [0.4, 0.5) is 13.2 Å². The number of hydrogen-bond donors (Lipinski definition) is 0. The summed E-state index contributed by atoms with van der Waals surface area (Å²) >= 11 is 0. The first-order valence-electron chi connectivity index (χ1n) is 8.25. The summed E-state index contributed by atoms with van der Waals surface area (Å²) in [6, 6.07) is 0.698. The smallest absolute Gasteiger partial charge is 0.340 e. The summed E-state index contributed by atoms with van der Waals surface area (Å²) in [5, 5.41) is 0. The lowest BCUT2D eigenvalue weighted by Gasteiger charge is -2.38. The van der Waals surface area contributed by atoms with Gasteiger partial charge in [0.05, 0.1) is 0 Å². The summed E-state index contributed by atoms with van der Waals surface area (Å²) < 4.78 is 37.2. The second-order valence-electron chi connectivity index (χ2n) is 6.66. The van der Waals surface area contributed by atoms with Crippen molar-refractivity contribution in [2.24, 2.45) is 5.92 Å². The molecule has 5 nitrogen and oxygen atoms in total. The zero-order chi connectivity index (χ0) is 16.6. The third-order valence-electron chi connectivity index (χ3n) is 5.06. The number of likely N-dealkylation sites (tertiary alicyclic amines) is 1. The number of amides is 2. The van der Waals surface area contributed by atoms with Gasteiger partial charge < -0.3 is 9.80 Å². The number of carbonyl (C=O) groups is 2. The Kier molecular flexibility index (Phi) is 4.53. The zero-order valence-electron chi connectivity index (χ0n) is 13.0. The molecule has 130 valence electrons. The molecular formula is C15H22F3N3O2. The topological polar surface area (TPSA) is 43.9 Å². The van der Waals surface area contributed by atoms with Crippen LogP contribution in [0, 0.1) is 5.92 Å². The predicted molar refractivity (Wildman–Crippen MR) is 76.5 cm³/mol. The molecule has 0 bridgehead atoms. The van der Waals surface area contributed by atoms with Crippen molar-refractivity contribution in [3.8, 4) is 0 Å². The SMILES string of the molecule is O=C(C1CCN(C(=O)C(F)(F)F)CC1)N1CCN(C2CC2)CC1. The van der Waals surface area contributed by atoms with Crippen molar-refractivity contribution in [3.05, 3.63) is 0 Å². The van der Waals surface area contributed by atoms with Gasteiger partial charge in [-0.15, -0.1) is 0 Å². The van der Waals surface area contributed by atoms with Crippen molar-refractivity contribution in [1.29, 1.82) is 0 Å². The van der Waals surface area contributed by atoms with Gasteiger partial charge in [-0.05, 0) is 25.7 Å². The van der Waals surface area contributed by atoms with Crippen molar-refractivity contribution in [2.45, 2.75) is 37.9 Å². The number of piperazine rings is 1. The molecule has 8 heteroatoms. The molecule has 2 saturated heterocycles. The molecule has 3 aliphatic rings. The zero-order valence-corrected chi connectivity index (χ0v) is 13.0. The molecule has 0 radical (unpaired) electrons. The average Bonchev–Trinajstić information content (AvgIpc) is 3.38. The Labute approximate surface area is 133 Å². The van der Waals surface area contributed by atoms with Gasteiger partial charge in [0.15, 0.2) is 0 Å². The molecule has 0 unspecified atom stereocenters. The van der Waals surface area contributed by atoms with Crippen LogP contribution < -0.4 is 0 Å². The number of carbonyl (C=O) groups excluding carboxylic acids is 2. The van der Waals surface area contributed by atoms with E-state index in [2.05, 4.69) is 4.90 Å². The summed E-state index contributed by atoms with van der Waals surface area (Å²) in [6.45, 7) is 3.21. The van der Waals surface area contributed by atoms with Gasteiger partial charge in [-0.3, -0.25) is 14.5 Å². The Morgan fingerprint density at radius 1 is 0.783 bits per heavy atom. The summed E-state index contributed by atoms with van der Waals surface area (Å²) in [6.07, 6.45) is -1.68. The second kappa shape index (κ2) is 6.30. The minimum Gasteiger partial charge on any atom is -0.340 e. The summed E-state index contributed by atoms with van der Waals surface area (Å²) in [5.41, 5.74) is 0.